The van der Waals surface area contributed by atoms with Gasteiger partial charge in [-0.1, -0.05) is 0 Å². The highest BCUT2D eigenvalue weighted by Gasteiger charge is 2.04. The zero-order valence-electron chi connectivity index (χ0n) is 4.24. The first-order valence-electron chi connectivity index (χ1n) is 1.91. The SMILES string of the molecule is O=C(O)C=C(O)C(=O)O.[AlH3]. The van der Waals surface area contributed by atoms with E-state index in [1.165, 1.54) is 0 Å². The number of aliphatic hydroxyl groups excluding tert-OH is 1. The third kappa shape index (κ3) is 5.16. The zero-order valence-corrected chi connectivity index (χ0v) is 4.24. The van der Waals surface area contributed by atoms with Crippen LogP contribution in [0.2, 0.25) is 0 Å². The molecule has 0 aliphatic rings. The first-order valence-corrected chi connectivity index (χ1v) is 1.91. The van der Waals surface area contributed by atoms with Crippen LogP contribution in [0.25, 0.3) is 0 Å². The number of carboxylic acids is 2. The van der Waals surface area contributed by atoms with Crippen molar-refractivity contribution in [3.05, 3.63) is 11.8 Å². The summed E-state index contributed by atoms with van der Waals surface area (Å²) in [5.41, 5.74) is 0. The average molecular weight is 162 g/mol. The molecular weight excluding hydrogens is 155 g/mol. The molecule has 0 amide bonds. The molecule has 0 aromatic rings. The second-order valence-corrected chi connectivity index (χ2v) is 1.17. The highest BCUT2D eigenvalue weighted by molar-refractivity contribution is 5.92. The van der Waals surface area contributed by atoms with E-state index >= 15 is 0 Å². The van der Waals surface area contributed by atoms with Gasteiger partial charge < -0.3 is 15.3 Å². The molecule has 0 aromatic heterocycles. The van der Waals surface area contributed by atoms with Gasteiger partial charge in [0.15, 0.2) is 17.4 Å². The summed E-state index contributed by atoms with van der Waals surface area (Å²) in [4.78, 5) is 19.3. The summed E-state index contributed by atoms with van der Waals surface area (Å²) in [6.07, 6.45) is 0.197. The lowest BCUT2D eigenvalue weighted by Crippen LogP contribution is -2.02. The number of aliphatic hydroxyl groups is 1. The Hall–Kier alpha value is -0.988. The van der Waals surface area contributed by atoms with Crippen molar-refractivity contribution in [2.24, 2.45) is 0 Å². The standard InChI is InChI=1S/C4H4O5.Al.3H/c5-2(4(8)9)1-3(6)7;;;;/h1,5H,(H,6,7)(H,8,9);;;;. The maximum Gasteiger partial charge on any atom is 0.371 e. The molecule has 10 heavy (non-hydrogen) atoms. The summed E-state index contributed by atoms with van der Waals surface area (Å²) in [5.74, 6) is -4.32. The molecule has 0 rings (SSSR count). The van der Waals surface area contributed by atoms with Gasteiger partial charge in [0.05, 0.1) is 6.08 Å². The predicted molar refractivity (Wildman–Crippen MR) is 35.9 cm³/mol. The van der Waals surface area contributed by atoms with E-state index in [0.29, 0.717) is 0 Å². The first kappa shape index (κ1) is 11.8. The highest BCUT2D eigenvalue weighted by atomic mass is 27.0. The number of hydrogen-bond acceptors (Lipinski definition) is 3. The molecule has 0 saturated heterocycles. The second kappa shape index (κ2) is 4.85. The fourth-order valence-corrected chi connectivity index (χ4v) is 0.179. The van der Waals surface area contributed by atoms with Crippen LogP contribution < -0.4 is 0 Å². The Balaban J connectivity index is 0. The number of aliphatic carboxylic acids is 2. The Bertz CT molecular complexity index is 172. The van der Waals surface area contributed by atoms with Crippen LogP contribution in [-0.2, 0) is 9.59 Å². The fourth-order valence-electron chi connectivity index (χ4n) is 0.179. The molecule has 0 aliphatic carbocycles. The van der Waals surface area contributed by atoms with Crippen LogP contribution in [0.15, 0.2) is 11.8 Å². The van der Waals surface area contributed by atoms with Crippen LogP contribution in [0.3, 0.4) is 0 Å². The quantitative estimate of drug-likeness (QED) is 0.258. The Kier molecular flexibility index (Phi) is 5.71. The van der Waals surface area contributed by atoms with Gasteiger partial charge in [-0.15, -0.1) is 0 Å². The van der Waals surface area contributed by atoms with E-state index in [1.54, 1.807) is 0 Å². The molecule has 0 spiro atoms. The molecule has 0 saturated carbocycles. The second-order valence-electron chi connectivity index (χ2n) is 1.17. The third-order valence-electron chi connectivity index (χ3n) is 0.479. The van der Waals surface area contributed by atoms with E-state index in [9.17, 15) is 9.59 Å². The van der Waals surface area contributed by atoms with Crippen molar-refractivity contribution >= 4 is 29.3 Å². The number of carbonyl (C=O) groups is 2. The van der Waals surface area contributed by atoms with Crippen molar-refractivity contribution < 1.29 is 24.9 Å². The Morgan fingerprint density at radius 2 is 1.50 bits per heavy atom. The van der Waals surface area contributed by atoms with Crippen LogP contribution >= 0.6 is 0 Å². The maximum absolute atomic E-state index is 9.65. The number of carboxylic acid groups (broad SMARTS) is 2. The number of rotatable bonds is 2. The van der Waals surface area contributed by atoms with Crippen LogP contribution in [-0.4, -0.2) is 44.6 Å². The summed E-state index contributed by atoms with van der Waals surface area (Å²) in [7, 11) is 0. The lowest BCUT2D eigenvalue weighted by molar-refractivity contribution is -0.137. The van der Waals surface area contributed by atoms with Gasteiger partial charge in [-0.05, 0) is 0 Å². The normalized spacial score (nSPS) is 9.80. The van der Waals surface area contributed by atoms with Gasteiger partial charge in [0.25, 0.3) is 0 Å². The molecule has 0 atom stereocenters. The van der Waals surface area contributed by atoms with E-state index in [0.717, 1.165) is 0 Å². The molecule has 0 bridgehead atoms. The lowest BCUT2D eigenvalue weighted by atomic mass is 10.4. The van der Waals surface area contributed by atoms with E-state index in [2.05, 4.69) is 0 Å². The van der Waals surface area contributed by atoms with Gasteiger partial charge in [-0.2, -0.15) is 0 Å². The predicted octanol–water partition coefficient (Wildman–Crippen LogP) is -1.59. The zero-order chi connectivity index (χ0) is 7.44. The minimum absolute atomic E-state index is 0. The molecule has 3 N–H and O–H groups in total. The minimum Gasteiger partial charge on any atom is -0.502 e. The van der Waals surface area contributed by atoms with Crippen molar-refractivity contribution in [2.75, 3.05) is 0 Å². The molecular formula is C4H7AlO5. The lowest BCUT2D eigenvalue weighted by Gasteiger charge is -1.85. The van der Waals surface area contributed by atoms with Gasteiger partial charge in [-0.25, -0.2) is 9.59 Å². The molecule has 0 aromatic carbocycles. The van der Waals surface area contributed by atoms with Gasteiger partial charge >= 0.3 is 11.9 Å². The molecule has 56 valence electrons. The van der Waals surface area contributed by atoms with Crippen molar-refractivity contribution in [1.82, 2.24) is 0 Å². The monoisotopic (exact) mass is 162 g/mol. The van der Waals surface area contributed by atoms with E-state index < -0.39 is 17.7 Å². The summed E-state index contributed by atoms with van der Waals surface area (Å²) in [6.45, 7) is 0. The van der Waals surface area contributed by atoms with Crippen molar-refractivity contribution in [2.45, 2.75) is 0 Å². The van der Waals surface area contributed by atoms with Crippen LogP contribution in [0.1, 0.15) is 0 Å². The third-order valence-corrected chi connectivity index (χ3v) is 0.479. The fraction of sp³-hybridized carbons (Fsp3) is 0. The summed E-state index contributed by atoms with van der Waals surface area (Å²) in [5, 5.41) is 23.9. The Morgan fingerprint density at radius 1 is 1.10 bits per heavy atom. The molecule has 0 unspecified atom stereocenters. The largest absolute Gasteiger partial charge is 0.502 e. The Labute approximate surface area is 66.7 Å². The van der Waals surface area contributed by atoms with Gasteiger partial charge in [0.1, 0.15) is 0 Å². The van der Waals surface area contributed by atoms with Crippen LogP contribution in [0, 0.1) is 0 Å². The summed E-state index contributed by atoms with van der Waals surface area (Å²) < 4.78 is 0. The van der Waals surface area contributed by atoms with Gasteiger partial charge in [0.2, 0.25) is 5.76 Å². The van der Waals surface area contributed by atoms with Crippen molar-refractivity contribution in [3.8, 4) is 0 Å². The summed E-state index contributed by atoms with van der Waals surface area (Å²) >= 11 is 0. The topological polar surface area (TPSA) is 94.8 Å². The molecule has 0 radical (unpaired) electrons. The summed E-state index contributed by atoms with van der Waals surface area (Å²) in [6, 6.07) is 0. The van der Waals surface area contributed by atoms with Gasteiger partial charge in [0, 0.05) is 0 Å². The highest BCUT2D eigenvalue weighted by Crippen LogP contribution is 1.85. The van der Waals surface area contributed by atoms with Crippen molar-refractivity contribution in [3.63, 3.8) is 0 Å². The molecule has 0 fully saturated rings. The average Bonchev–Trinajstić information content (AvgIpc) is 1.63. The van der Waals surface area contributed by atoms with Crippen LogP contribution in [0.4, 0.5) is 0 Å². The molecule has 0 heterocycles. The van der Waals surface area contributed by atoms with E-state index in [-0.39, 0.29) is 23.4 Å². The maximum atomic E-state index is 9.65. The first-order chi connectivity index (χ1) is 4.04. The molecule has 0 aliphatic heterocycles. The number of hydrogen-bond donors (Lipinski definition) is 3. The minimum atomic E-state index is -1.66. The van der Waals surface area contributed by atoms with Crippen molar-refractivity contribution in [1.29, 1.82) is 0 Å². The van der Waals surface area contributed by atoms with E-state index in [4.69, 9.17) is 15.3 Å². The van der Waals surface area contributed by atoms with E-state index in [1.807, 2.05) is 0 Å². The molecule has 5 nitrogen and oxygen atoms in total. The Morgan fingerprint density at radius 3 is 1.60 bits per heavy atom. The smallest absolute Gasteiger partial charge is 0.371 e. The van der Waals surface area contributed by atoms with Gasteiger partial charge in [-0.3, -0.25) is 0 Å². The van der Waals surface area contributed by atoms with Crippen LogP contribution in [0.5, 0.6) is 0 Å². The molecule has 6 heteroatoms.